The Balaban J connectivity index is 1.73. The summed E-state index contributed by atoms with van der Waals surface area (Å²) < 4.78 is 5.39. The van der Waals surface area contributed by atoms with Crippen molar-refractivity contribution in [2.24, 2.45) is 0 Å². The molecule has 1 aromatic carbocycles. The van der Waals surface area contributed by atoms with Crippen molar-refractivity contribution in [3.05, 3.63) is 39.7 Å². The lowest BCUT2D eigenvalue weighted by Gasteiger charge is -2.26. The van der Waals surface area contributed by atoms with Gasteiger partial charge in [-0.15, -0.1) is 0 Å². The van der Waals surface area contributed by atoms with Crippen molar-refractivity contribution in [3.8, 4) is 0 Å². The zero-order valence-electron chi connectivity index (χ0n) is 12.4. The molecule has 2 aliphatic rings. The molecule has 23 heavy (non-hydrogen) atoms. The Kier molecular flexibility index (Phi) is 3.97. The van der Waals surface area contributed by atoms with Crippen molar-refractivity contribution >= 4 is 39.8 Å². The molecule has 7 heteroatoms. The van der Waals surface area contributed by atoms with Gasteiger partial charge in [0.2, 0.25) is 5.91 Å². The number of nitrogens with zero attached hydrogens (tertiary/aromatic N) is 2. The highest BCUT2D eigenvalue weighted by molar-refractivity contribution is 7.16. The average Bonchev–Trinajstić information content (AvgIpc) is 2.99. The summed E-state index contributed by atoms with van der Waals surface area (Å²) in [5.74, 6) is 0.638. The standard InChI is InChI=1S/C16H16ClN3O2S/c17-12-4-2-1-3-10(12)11-9-13(21)18-15-14(11)23-16(19-15)20-5-7-22-8-6-20/h1-4,11H,5-9H2,(H,18,21)/t11-/m1/s1. The van der Waals surface area contributed by atoms with E-state index in [-0.39, 0.29) is 11.8 Å². The molecule has 0 spiro atoms. The Morgan fingerprint density at radius 2 is 2.09 bits per heavy atom. The molecule has 0 saturated carbocycles. The van der Waals surface area contributed by atoms with Gasteiger partial charge in [0.1, 0.15) is 5.82 Å². The fourth-order valence-electron chi connectivity index (χ4n) is 3.01. The lowest BCUT2D eigenvalue weighted by molar-refractivity contribution is -0.116. The third kappa shape index (κ3) is 2.82. The number of carbonyl (C=O) groups excluding carboxylic acids is 1. The zero-order valence-corrected chi connectivity index (χ0v) is 14.0. The second-order valence-corrected chi connectivity index (χ2v) is 7.05. The van der Waals surface area contributed by atoms with Crippen molar-refractivity contribution in [2.75, 3.05) is 36.5 Å². The van der Waals surface area contributed by atoms with E-state index >= 15 is 0 Å². The van der Waals surface area contributed by atoms with Crippen LogP contribution in [0.5, 0.6) is 0 Å². The van der Waals surface area contributed by atoms with E-state index in [0.717, 1.165) is 28.7 Å². The number of thiazole rings is 1. The number of benzene rings is 1. The molecule has 1 N–H and O–H groups in total. The van der Waals surface area contributed by atoms with Crippen LogP contribution >= 0.6 is 22.9 Å². The highest BCUT2D eigenvalue weighted by atomic mass is 35.5. The molecule has 0 aliphatic carbocycles. The van der Waals surface area contributed by atoms with Crippen LogP contribution < -0.4 is 10.2 Å². The number of ether oxygens (including phenoxy) is 1. The highest BCUT2D eigenvalue weighted by Gasteiger charge is 2.32. The first-order valence-corrected chi connectivity index (χ1v) is 8.79. The third-order valence-electron chi connectivity index (χ3n) is 4.17. The van der Waals surface area contributed by atoms with Crippen LogP contribution in [-0.2, 0) is 9.53 Å². The zero-order chi connectivity index (χ0) is 15.8. The highest BCUT2D eigenvalue weighted by Crippen LogP contribution is 2.44. The number of amides is 1. The second-order valence-electron chi connectivity index (χ2n) is 5.64. The van der Waals surface area contributed by atoms with E-state index in [1.165, 1.54) is 0 Å². The monoisotopic (exact) mass is 349 g/mol. The van der Waals surface area contributed by atoms with Crippen molar-refractivity contribution in [1.29, 1.82) is 0 Å². The maximum atomic E-state index is 12.1. The number of fused-ring (bicyclic) bond motifs is 1. The van der Waals surface area contributed by atoms with Gasteiger partial charge in [-0.25, -0.2) is 4.98 Å². The lowest BCUT2D eigenvalue weighted by atomic mass is 9.91. The molecule has 0 bridgehead atoms. The Morgan fingerprint density at radius 3 is 2.87 bits per heavy atom. The molecule has 1 amide bonds. The molecule has 0 radical (unpaired) electrons. The van der Waals surface area contributed by atoms with Crippen LogP contribution in [0.3, 0.4) is 0 Å². The molecule has 2 aromatic rings. The predicted molar refractivity (Wildman–Crippen MR) is 91.7 cm³/mol. The summed E-state index contributed by atoms with van der Waals surface area (Å²) in [6.07, 6.45) is 0.404. The van der Waals surface area contributed by atoms with Crippen molar-refractivity contribution in [2.45, 2.75) is 12.3 Å². The minimum Gasteiger partial charge on any atom is -0.378 e. The largest absolute Gasteiger partial charge is 0.378 e. The van der Waals surface area contributed by atoms with Gasteiger partial charge >= 0.3 is 0 Å². The molecule has 1 saturated heterocycles. The van der Waals surface area contributed by atoms with Gasteiger partial charge < -0.3 is 15.0 Å². The topological polar surface area (TPSA) is 54.5 Å². The molecule has 120 valence electrons. The summed E-state index contributed by atoms with van der Waals surface area (Å²) in [6, 6.07) is 7.72. The molecule has 3 heterocycles. The lowest BCUT2D eigenvalue weighted by Crippen LogP contribution is -2.36. The minimum absolute atomic E-state index is 0.0127. The first-order valence-electron chi connectivity index (χ1n) is 7.60. The van der Waals surface area contributed by atoms with E-state index in [4.69, 9.17) is 16.3 Å². The molecule has 1 fully saturated rings. The molecule has 4 rings (SSSR count). The number of halogens is 1. The maximum Gasteiger partial charge on any atom is 0.226 e. The van der Waals surface area contributed by atoms with Gasteiger partial charge in [0.15, 0.2) is 5.13 Å². The quantitative estimate of drug-likeness (QED) is 0.905. The first-order chi connectivity index (χ1) is 11.2. The third-order valence-corrected chi connectivity index (χ3v) is 5.74. The number of morpholine rings is 1. The number of nitrogens with one attached hydrogen (secondary N) is 1. The van der Waals surface area contributed by atoms with E-state index in [2.05, 4.69) is 15.2 Å². The molecule has 2 aliphatic heterocycles. The number of hydrogen-bond acceptors (Lipinski definition) is 5. The minimum atomic E-state index is -0.0280. The van der Waals surface area contributed by atoms with Crippen LogP contribution in [0.25, 0.3) is 0 Å². The predicted octanol–water partition coefficient (Wildman–Crippen LogP) is 3.11. The smallest absolute Gasteiger partial charge is 0.226 e. The number of anilines is 2. The number of aromatic nitrogens is 1. The van der Waals surface area contributed by atoms with Crippen LogP contribution in [0, 0.1) is 0 Å². The van der Waals surface area contributed by atoms with Gasteiger partial charge in [0.25, 0.3) is 0 Å². The molecule has 1 atom stereocenters. The molecular formula is C16H16ClN3O2S. The summed E-state index contributed by atoms with van der Waals surface area (Å²) in [5.41, 5.74) is 0.988. The van der Waals surface area contributed by atoms with Gasteiger partial charge in [-0.2, -0.15) is 0 Å². The van der Waals surface area contributed by atoms with Gasteiger partial charge in [0, 0.05) is 30.5 Å². The molecule has 1 aromatic heterocycles. The van der Waals surface area contributed by atoms with E-state index in [0.29, 0.717) is 30.5 Å². The first kappa shape index (κ1) is 14.9. The fourth-order valence-corrected chi connectivity index (χ4v) is 4.46. The van der Waals surface area contributed by atoms with Crippen LogP contribution in [-0.4, -0.2) is 37.2 Å². The summed E-state index contributed by atoms with van der Waals surface area (Å²) in [7, 11) is 0. The van der Waals surface area contributed by atoms with Crippen LogP contribution in [0.2, 0.25) is 5.02 Å². The van der Waals surface area contributed by atoms with E-state index in [9.17, 15) is 4.79 Å². The Morgan fingerprint density at radius 1 is 1.30 bits per heavy atom. The molecular weight excluding hydrogens is 334 g/mol. The summed E-state index contributed by atoms with van der Waals surface area (Å²) >= 11 is 7.99. The van der Waals surface area contributed by atoms with Crippen molar-refractivity contribution < 1.29 is 9.53 Å². The SMILES string of the molecule is O=C1C[C@H](c2ccccc2Cl)c2sc(N3CCOCC3)nc2N1. The van der Waals surface area contributed by atoms with E-state index in [1.807, 2.05) is 24.3 Å². The van der Waals surface area contributed by atoms with Crippen LogP contribution in [0.15, 0.2) is 24.3 Å². The molecule has 5 nitrogen and oxygen atoms in total. The van der Waals surface area contributed by atoms with Gasteiger partial charge in [-0.05, 0) is 11.6 Å². The fraction of sp³-hybridized carbons (Fsp3) is 0.375. The van der Waals surface area contributed by atoms with E-state index in [1.54, 1.807) is 11.3 Å². The Labute approximate surface area is 143 Å². The normalized spacial score (nSPS) is 21.0. The van der Waals surface area contributed by atoms with Crippen LogP contribution in [0.4, 0.5) is 10.9 Å². The number of hydrogen-bond donors (Lipinski definition) is 1. The number of carbonyl (C=O) groups is 1. The van der Waals surface area contributed by atoms with Crippen LogP contribution in [0.1, 0.15) is 22.8 Å². The summed E-state index contributed by atoms with van der Waals surface area (Å²) in [5, 5.41) is 4.53. The average molecular weight is 350 g/mol. The summed E-state index contributed by atoms with van der Waals surface area (Å²) in [4.78, 5) is 20.0. The maximum absolute atomic E-state index is 12.1. The van der Waals surface area contributed by atoms with Gasteiger partial charge in [0.05, 0.1) is 18.1 Å². The summed E-state index contributed by atoms with van der Waals surface area (Å²) in [6.45, 7) is 3.09. The Bertz CT molecular complexity index is 743. The van der Waals surface area contributed by atoms with Crippen molar-refractivity contribution in [3.63, 3.8) is 0 Å². The molecule has 0 unspecified atom stereocenters. The number of rotatable bonds is 2. The van der Waals surface area contributed by atoms with Gasteiger partial charge in [-0.3, -0.25) is 4.79 Å². The Hall–Kier alpha value is -1.63. The van der Waals surface area contributed by atoms with Gasteiger partial charge in [-0.1, -0.05) is 41.1 Å². The second kappa shape index (κ2) is 6.11. The van der Waals surface area contributed by atoms with Crippen molar-refractivity contribution in [1.82, 2.24) is 4.98 Å². The van der Waals surface area contributed by atoms with E-state index < -0.39 is 0 Å².